The van der Waals surface area contributed by atoms with Crippen LogP contribution in [0.4, 0.5) is 0 Å². The molecule has 0 N–H and O–H groups in total. The van der Waals surface area contributed by atoms with Gasteiger partial charge in [-0.3, -0.25) is 9.59 Å². The zero-order chi connectivity index (χ0) is 13.7. The third kappa shape index (κ3) is 2.80. The van der Waals surface area contributed by atoms with Gasteiger partial charge >= 0.3 is 5.97 Å². The van der Waals surface area contributed by atoms with Gasteiger partial charge in [0.15, 0.2) is 6.29 Å². The van der Waals surface area contributed by atoms with Crippen LogP contribution >= 0.6 is 0 Å². The van der Waals surface area contributed by atoms with Gasteiger partial charge in [0.2, 0.25) is 0 Å². The first kappa shape index (κ1) is 12.8. The summed E-state index contributed by atoms with van der Waals surface area (Å²) in [6, 6.07) is 11.3. The average Bonchev–Trinajstić information content (AvgIpc) is 2.47. The predicted molar refractivity (Wildman–Crippen MR) is 72.8 cm³/mol. The van der Waals surface area contributed by atoms with Crippen LogP contribution in [0.1, 0.15) is 22.3 Å². The van der Waals surface area contributed by atoms with Crippen LogP contribution in [0.2, 0.25) is 0 Å². The van der Waals surface area contributed by atoms with Gasteiger partial charge in [-0.15, -0.1) is 0 Å². The third-order valence-electron chi connectivity index (χ3n) is 2.76. The van der Waals surface area contributed by atoms with Crippen LogP contribution in [0.15, 0.2) is 36.4 Å². The molecular weight excluding hydrogens is 240 g/mol. The Morgan fingerprint density at radius 2 is 2.05 bits per heavy atom. The van der Waals surface area contributed by atoms with E-state index in [9.17, 15) is 9.59 Å². The summed E-state index contributed by atoms with van der Waals surface area (Å²) in [5.74, 6) is 5.24. The van der Waals surface area contributed by atoms with Crippen molar-refractivity contribution in [1.82, 2.24) is 0 Å². The molecule has 0 unspecified atom stereocenters. The summed E-state index contributed by atoms with van der Waals surface area (Å²) in [5.41, 5.74) is 1.17. The lowest BCUT2D eigenvalue weighted by Gasteiger charge is -2.03. The lowest BCUT2D eigenvalue weighted by Crippen LogP contribution is -1.97. The molecule has 0 saturated heterocycles. The Balaban J connectivity index is 2.50. The van der Waals surface area contributed by atoms with Gasteiger partial charge in [0.25, 0.3) is 0 Å². The maximum atomic E-state index is 11.1. The van der Waals surface area contributed by atoms with E-state index in [2.05, 4.69) is 16.6 Å². The van der Waals surface area contributed by atoms with Crippen LogP contribution in [0.25, 0.3) is 10.8 Å². The van der Waals surface area contributed by atoms with E-state index in [1.165, 1.54) is 7.11 Å². The number of esters is 1. The number of benzene rings is 2. The second-order valence-corrected chi connectivity index (χ2v) is 3.92. The Labute approximate surface area is 111 Å². The molecule has 0 heterocycles. The van der Waals surface area contributed by atoms with Gasteiger partial charge in [0, 0.05) is 11.1 Å². The molecule has 3 nitrogen and oxygen atoms in total. The summed E-state index contributed by atoms with van der Waals surface area (Å²) in [7, 11) is 1.32. The highest BCUT2D eigenvalue weighted by Crippen LogP contribution is 2.20. The molecule has 0 fully saturated rings. The van der Waals surface area contributed by atoms with Gasteiger partial charge in [0.05, 0.1) is 7.11 Å². The van der Waals surface area contributed by atoms with Crippen LogP contribution in [-0.2, 0) is 9.53 Å². The summed E-state index contributed by atoms with van der Waals surface area (Å²) in [5, 5.41) is 1.92. The zero-order valence-electron chi connectivity index (χ0n) is 10.5. The molecule has 0 atom stereocenters. The monoisotopic (exact) mass is 252 g/mol. The van der Waals surface area contributed by atoms with E-state index in [0.717, 1.165) is 17.1 Å². The van der Waals surface area contributed by atoms with E-state index >= 15 is 0 Å². The maximum Gasteiger partial charge on any atom is 0.317 e. The predicted octanol–water partition coefficient (Wildman–Crippen LogP) is 2.57. The smallest absolute Gasteiger partial charge is 0.317 e. The normalized spacial score (nSPS) is 9.53. The van der Waals surface area contributed by atoms with Crippen molar-refractivity contribution in [3.63, 3.8) is 0 Å². The molecule has 2 aromatic carbocycles. The van der Waals surface area contributed by atoms with Crippen LogP contribution in [0, 0.1) is 11.8 Å². The molecule has 2 aromatic rings. The van der Waals surface area contributed by atoms with Gasteiger partial charge in [-0.05, 0) is 16.8 Å². The highest BCUT2D eigenvalue weighted by molar-refractivity contribution is 5.95. The fourth-order valence-corrected chi connectivity index (χ4v) is 1.80. The van der Waals surface area contributed by atoms with E-state index < -0.39 is 0 Å². The second kappa shape index (κ2) is 5.83. The van der Waals surface area contributed by atoms with Crippen molar-refractivity contribution in [2.24, 2.45) is 0 Å². The molecule has 19 heavy (non-hydrogen) atoms. The molecule has 0 aromatic heterocycles. The molecular formula is C16H12O3. The first-order valence-corrected chi connectivity index (χ1v) is 5.79. The number of ether oxygens (including phenoxy) is 1. The molecule has 0 amide bonds. The summed E-state index contributed by atoms with van der Waals surface area (Å²) in [6.45, 7) is 0. The number of rotatable bonds is 2. The van der Waals surface area contributed by atoms with E-state index in [1.807, 2.05) is 30.3 Å². The van der Waals surface area contributed by atoms with Crippen molar-refractivity contribution in [2.45, 2.75) is 6.42 Å². The summed E-state index contributed by atoms with van der Waals surface area (Å²) in [4.78, 5) is 22.1. The molecule has 0 spiro atoms. The quantitative estimate of drug-likeness (QED) is 0.468. The highest BCUT2D eigenvalue weighted by atomic mass is 16.5. The number of hydrogen-bond donors (Lipinski definition) is 0. The van der Waals surface area contributed by atoms with Crippen molar-refractivity contribution in [3.05, 3.63) is 47.5 Å². The number of carbonyl (C=O) groups excluding carboxylic acids is 2. The minimum absolute atomic E-state index is 0.0119. The van der Waals surface area contributed by atoms with E-state index in [-0.39, 0.29) is 12.4 Å². The molecule has 94 valence electrons. The molecule has 0 radical (unpaired) electrons. The van der Waals surface area contributed by atoms with Crippen molar-refractivity contribution >= 4 is 23.0 Å². The topological polar surface area (TPSA) is 43.4 Å². The Hall–Kier alpha value is -2.60. The first-order chi connectivity index (χ1) is 9.26. The minimum atomic E-state index is -0.389. The van der Waals surface area contributed by atoms with E-state index in [1.54, 1.807) is 6.07 Å². The SMILES string of the molecule is COC(=O)CC#Cc1c(C=O)ccc2ccccc12. The van der Waals surface area contributed by atoms with Gasteiger partial charge in [0.1, 0.15) is 6.42 Å². The number of methoxy groups -OCH3 is 1. The number of hydrogen-bond acceptors (Lipinski definition) is 3. The first-order valence-electron chi connectivity index (χ1n) is 5.79. The van der Waals surface area contributed by atoms with Gasteiger partial charge in [-0.2, -0.15) is 0 Å². The Morgan fingerprint density at radius 3 is 2.79 bits per heavy atom. The fraction of sp³-hybridized carbons (Fsp3) is 0.125. The van der Waals surface area contributed by atoms with Crippen molar-refractivity contribution in [2.75, 3.05) is 7.11 Å². The fourth-order valence-electron chi connectivity index (χ4n) is 1.80. The van der Waals surface area contributed by atoms with Gasteiger partial charge < -0.3 is 4.74 Å². The number of aldehydes is 1. The van der Waals surface area contributed by atoms with Crippen molar-refractivity contribution < 1.29 is 14.3 Å². The zero-order valence-corrected chi connectivity index (χ0v) is 10.5. The molecule has 0 aliphatic carbocycles. The molecule has 3 heteroatoms. The summed E-state index contributed by atoms with van der Waals surface area (Å²) in [6.07, 6.45) is 0.784. The molecule has 0 aliphatic rings. The third-order valence-corrected chi connectivity index (χ3v) is 2.76. The number of carbonyl (C=O) groups is 2. The average molecular weight is 252 g/mol. The Kier molecular flexibility index (Phi) is 3.94. The van der Waals surface area contributed by atoms with Crippen LogP contribution in [0.3, 0.4) is 0 Å². The number of fused-ring (bicyclic) bond motifs is 1. The minimum Gasteiger partial charge on any atom is -0.468 e. The van der Waals surface area contributed by atoms with Crippen LogP contribution in [-0.4, -0.2) is 19.4 Å². The summed E-state index contributed by atoms with van der Waals surface area (Å²) >= 11 is 0. The second-order valence-electron chi connectivity index (χ2n) is 3.92. The van der Waals surface area contributed by atoms with Crippen molar-refractivity contribution in [1.29, 1.82) is 0 Å². The summed E-state index contributed by atoms with van der Waals surface area (Å²) < 4.78 is 4.52. The largest absolute Gasteiger partial charge is 0.468 e. The molecule has 0 saturated carbocycles. The van der Waals surface area contributed by atoms with Crippen LogP contribution < -0.4 is 0 Å². The lowest BCUT2D eigenvalue weighted by molar-refractivity contribution is -0.139. The molecule has 0 bridgehead atoms. The maximum absolute atomic E-state index is 11.1. The van der Waals surface area contributed by atoms with Gasteiger partial charge in [-0.1, -0.05) is 42.2 Å². The molecule has 2 rings (SSSR count). The standard InChI is InChI=1S/C16H12O3/c1-19-16(18)8-4-7-15-13(11-17)10-9-12-5-2-3-6-14(12)15/h2-3,5-6,9-11H,8H2,1H3. The van der Waals surface area contributed by atoms with E-state index in [4.69, 9.17) is 0 Å². The Bertz CT molecular complexity index is 690. The van der Waals surface area contributed by atoms with Gasteiger partial charge in [-0.25, -0.2) is 0 Å². The van der Waals surface area contributed by atoms with Crippen molar-refractivity contribution in [3.8, 4) is 11.8 Å². The van der Waals surface area contributed by atoms with E-state index in [0.29, 0.717) is 11.1 Å². The van der Waals surface area contributed by atoms with Crippen LogP contribution in [0.5, 0.6) is 0 Å². The Morgan fingerprint density at radius 1 is 1.26 bits per heavy atom. The molecule has 0 aliphatic heterocycles. The highest BCUT2D eigenvalue weighted by Gasteiger charge is 2.04. The lowest BCUT2D eigenvalue weighted by atomic mass is 10.00.